The van der Waals surface area contributed by atoms with Gasteiger partial charge in [0.25, 0.3) is 5.91 Å². The van der Waals surface area contributed by atoms with Crippen molar-refractivity contribution in [2.45, 2.75) is 0 Å². The summed E-state index contributed by atoms with van der Waals surface area (Å²) in [4.78, 5) is 25.4. The summed E-state index contributed by atoms with van der Waals surface area (Å²) in [7, 11) is 3.64. The van der Waals surface area contributed by atoms with Crippen molar-refractivity contribution in [2.24, 2.45) is 0 Å². The zero-order chi connectivity index (χ0) is 19.2. The Morgan fingerprint density at radius 3 is 2.63 bits per heavy atom. The van der Waals surface area contributed by atoms with Crippen LogP contribution < -0.4 is 10.2 Å². The molecule has 0 spiro atoms. The van der Waals surface area contributed by atoms with Gasteiger partial charge in [-0.15, -0.1) is 0 Å². The van der Waals surface area contributed by atoms with Crippen molar-refractivity contribution in [2.75, 3.05) is 58.4 Å². The lowest BCUT2D eigenvalue weighted by Gasteiger charge is -2.26. The van der Waals surface area contributed by atoms with Gasteiger partial charge in [-0.25, -0.2) is 14.4 Å². The molecular formula is C19H24FN5O2. The first kappa shape index (κ1) is 19.2. The second-order valence-electron chi connectivity index (χ2n) is 6.54. The number of morpholine rings is 1. The summed E-state index contributed by atoms with van der Waals surface area (Å²) >= 11 is 0. The van der Waals surface area contributed by atoms with Gasteiger partial charge in [0, 0.05) is 52.0 Å². The lowest BCUT2D eigenvalue weighted by atomic mass is 10.2. The number of benzene rings is 1. The number of aromatic nitrogens is 2. The van der Waals surface area contributed by atoms with Crippen molar-refractivity contribution >= 4 is 11.7 Å². The van der Waals surface area contributed by atoms with E-state index in [1.807, 2.05) is 14.1 Å². The van der Waals surface area contributed by atoms with Crippen LogP contribution in [0, 0.1) is 5.82 Å². The molecular weight excluding hydrogens is 349 g/mol. The van der Waals surface area contributed by atoms with Gasteiger partial charge in [0.2, 0.25) is 0 Å². The molecule has 1 amide bonds. The highest BCUT2D eigenvalue weighted by Crippen LogP contribution is 2.21. The Morgan fingerprint density at radius 2 is 1.96 bits per heavy atom. The van der Waals surface area contributed by atoms with Gasteiger partial charge < -0.3 is 15.0 Å². The zero-order valence-corrected chi connectivity index (χ0v) is 15.6. The fourth-order valence-corrected chi connectivity index (χ4v) is 2.86. The molecule has 0 aliphatic carbocycles. The van der Waals surface area contributed by atoms with E-state index < -0.39 is 0 Å². The fraction of sp³-hybridized carbons (Fsp3) is 0.421. The summed E-state index contributed by atoms with van der Waals surface area (Å²) in [6, 6.07) is 5.96. The van der Waals surface area contributed by atoms with Crippen molar-refractivity contribution in [1.29, 1.82) is 0 Å². The molecule has 1 aliphatic heterocycles. The van der Waals surface area contributed by atoms with E-state index >= 15 is 0 Å². The average Bonchev–Trinajstić information content (AvgIpc) is 2.69. The Kier molecular flexibility index (Phi) is 6.31. The van der Waals surface area contributed by atoms with E-state index in [-0.39, 0.29) is 11.7 Å². The number of ether oxygens (including phenoxy) is 1. The quantitative estimate of drug-likeness (QED) is 0.826. The van der Waals surface area contributed by atoms with E-state index in [2.05, 4.69) is 20.2 Å². The van der Waals surface area contributed by atoms with Crippen LogP contribution in [0.25, 0.3) is 11.4 Å². The standard InChI is InChI=1S/C19H24FN5O2/c1-24(2)18-16(19(26)21-7-8-25-9-11-27-12-10-25)13-22-17(23-18)14-3-5-15(20)6-4-14/h3-6,13H,7-12H2,1-2H3,(H,21,26). The molecule has 8 heteroatoms. The predicted molar refractivity (Wildman–Crippen MR) is 101 cm³/mol. The van der Waals surface area contributed by atoms with E-state index in [0.29, 0.717) is 29.3 Å². The average molecular weight is 373 g/mol. The molecule has 0 bridgehead atoms. The number of nitrogens with one attached hydrogen (secondary N) is 1. The Morgan fingerprint density at radius 1 is 1.26 bits per heavy atom. The Balaban J connectivity index is 1.70. The van der Waals surface area contributed by atoms with Gasteiger partial charge in [-0.1, -0.05) is 0 Å². The highest BCUT2D eigenvalue weighted by molar-refractivity contribution is 5.98. The number of rotatable bonds is 6. The minimum atomic E-state index is -0.317. The first-order chi connectivity index (χ1) is 13.0. The second kappa shape index (κ2) is 8.88. The van der Waals surface area contributed by atoms with Gasteiger partial charge in [-0.3, -0.25) is 9.69 Å². The van der Waals surface area contributed by atoms with Crippen LogP contribution in [0.1, 0.15) is 10.4 Å². The van der Waals surface area contributed by atoms with Crippen LogP contribution in [0.15, 0.2) is 30.5 Å². The van der Waals surface area contributed by atoms with Gasteiger partial charge in [0.1, 0.15) is 17.2 Å². The Labute approximate surface area is 158 Å². The Bertz CT molecular complexity index is 776. The Hall–Kier alpha value is -2.58. The van der Waals surface area contributed by atoms with Gasteiger partial charge >= 0.3 is 0 Å². The van der Waals surface area contributed by atoms with Gasteiger partial charge in [-0.2, -0.15) is 0 Å². The van der Waals surface area contributed by atoms with Crippen molar-refractivity contribution in [3.63, 3.8) is 0 Å². The molecule has 3 rings (SSSR count). The summed E-state index contributed by atoms with van der Waals surface area (Å²) in [5, 5.41) is 2.93. The van der Waals surface area contributed by atoms with Crippen molar-refractivity contribution in [3.05, 3.63) is 41.8 Å². The minimum Gasteiger partial charge on any atom is -0.379 e. The summed E-state index contributed by atoms with van der Waals surface area (Å²) < 4.78 is 18.4. The molecule has 1 aromatic heterocycles. The molecule has 1 saturated heterocycles. The molecule has 0 atom stereocenters. The zero-order valence-electron chi connectivity index (χ0n) is 15.6. The lowest BCUT2D eigenvalue weighted by molar-refractivity contribution is 0.0383. The molecule has 0 saturated carbocycles. The highest BCUT2D eigenvalue weighted by Gasteiger charge is 2.17. The number of nitrogens with zero attached hydrogens (tertiary/aromatic N) is 4. The largest absolute Gasteiger partial charge is 0.379 e. The SMILES string of the molecule is CN(C)c1nc(-c2ccc(F)cc2)ncc1C(=O)NCCN1CCOCC1. The number of carbonyl (C=O) groups is 1. The molecule has 27 heavy (non-hydrogen) atoms. The summed E-state index contributed by atoms with van der Waals surface area (Å²) in [6.45, 7) is 4.56. The molecule has 1 aliphatic rings. The molecule has 7 nitrogen and oxygen atoms in total. The van der Waals surface area contributed by atoms with E-state index in [0.717, 1.165) is 32.8 Å². The van der Waals surface area contributed by atoms with E-state index in [1.165, 1.54) is 18.3 Å². The smallest absolute Gasteiger partial charge is 0.256 e. The van der Waals surface area contributed by atoms with Gasteiger partial charge in [0.15, 0.2) is 5.82 Å². The molecule has 144 valence electrons. The maximum absolute atomic E-state index is 13.1. The van der Waals surface area contributed by atoms with Crippen molar-refractivity contribution < 1.29 is 13.9 Å². The minimum absolute atomic E-state index is 0.211. The monoisotopic (exact) mass is 373 g/mol. The first-order valence-corrected chi connectivity index (χ1v) is 8.93. The second-order valence-corrected chi connectivity index (χ2v) is 6.54. The summed E-state index contributed by atoms with van der Waals surface area (Å²) in [6.07, 6.45) is 1.52. The van der Waals surface area contributed by atoms with Crippen LogP contribution in [0.5, 0.6) is 0 Å². The number of halogens is 1. The van der Waals surface area contributed by atoms with E-state index in [9.17, 15) is 9.18 Å². The van der Waals surface area contributed by atoms with Crippen LogP contribution in [0.4, 0.5) is 10.2 Å². The third kappa shape index (κ3) is 4.99. The number of hydrogen-bond acceptors (Lipinski definition) is 6. The van der Waals surface area contributed by atoms with Crippen molar-refractivity contribution in [3.8, 4) is 11.4 Å². The molecule has 1 N–H and O–H groups in total. The highest BCUT2D eigenvalue weighted by atomic mass is 19.1. The number of anilines is 1. The van der Waals surface area contributed by atoms with Crippen LogP contribution in [0.3, 0.4) is 0 Å². The van der Waals surface area contributed by atoms with Crippen LogP contribution in [-0.2, 0) is 4.74 Å². The predicted octanol–water partition coefficient (Wildman–Crippen LogP) is 1.41. The molecule has 1 fully saturated rings. The molecule has 2 aromatic rings. The number of carbonyl (C=O) groups excluding carboxylic acids is 1. The maximum Gasteiger partial charge on any atom is 0.256 e. The molecule has 0 radical (unpaired) electrons. The van der Waals surface area contributed by atoms with Crippen LogP contribution in [0.2, 0.25) is 0 Å². The lowest BCUT2D eigenvalue weighted by Crippen LogP contribution is -2.41. The first-order valence-electron chi connectivity index (χ1n) is 8.93. The normalized spacial score (nSPS) is 14.8. The maximum atomic E-state index is 13.1. The molecule has 2 heterocycles. The van der Waals surface area contributed by atoms with Crippen LogP contribution >= 0.6 is 0 Å². The molecule has 0 unspecified atom stereocenters. The number of amides is 1. The fourth-order valence-electron chi connectivity index (χ4n) is 2.86. The van der Waals surface area contributed by atoms with Crippen molar-refractivity contribution in [1.82, 2.24) is 20.2 Å². The van der Waals surface area contributed by atoms with Gasteiger partial charge in [-0.05, 0) is 24.3 Å². The third-order valence-corrected chi connectivity index (χ3v) is 4.36. The number of hydrogen-bond donors (Lipinski definition) is 1. The topological polar surface area (TPSA) is 70.6 Å². The van der Waals surface area contributed by atoms with Gasteiger partial charge in [0.05, 0.1) is 13.2 Å². The summed E-state index contributed by atoms with van der Waals surface area (Å²) in [5.74, 6) is 0.442. The molecule has 1 aromatic carbocycles. The van der Waals surface area contributed by atoms with E-state index in [4.69, 9.17) is 4.74 Å². The van der Waals surface area contributed by atoms with E-state index in [1.54, 1.807) is 17.0 Å². The summed E-state index contributed by atoms with van der Waals surface area (Å²) in [5.41, 5.74) is 1.10. The van der Waals surface area contributed by atoms with Crippen LogP contribution in [-0.4, -0.2) is 74.3 Å². The third-order valence-electron chi connectivity index (χ3n) is 4.36.